The van der Waals surface area contributed by atoms with Gasteiger partial charge in [-0.15, -0.1) is 0 Å². The fourth-order valence-corrected chi connectivity index (χ4v) is 4.05. The molecule has 0 aromatic carbocycles. The topological polar surface area (TPSA) is 72.7 Å². The fraction of sp³-hybridized carbons (Fsp3) is 0.579. The van der Waals surface area contributed by atoms with E-state index >= 15 is 0 Å². The van der Waals surface area contributed by atoms with Crippen LogP contribution in [0.5, 0.6) is 0 Å². The number of hydrogen-bond acceptors (Lipinski definition) is 5. The minimum absolute atomic E-state index is 0.0727. The van der Waals surface area contributed by atoms with Gasteiger partial charge in [0.2, 0.25) is 0 Å². The Bertz CT molecular complexity index is 808. The number of aromatic nitrogens is 4. The van der Waals surface area contributed by atoms with Crippen LogP contribution < -0.4 is 10.9 Å². The van der Waals surface area contributed by atoms with Gasteiger partial charge in [-0.1, -0.05) is 0 Å². The van der Waals surface area contributed by atoms with Gasteiger partial charge in [-0.05, 0) is 63.9 Å². The molecule has 1 N–H and O–H groups in total. The second-order valence-corrected chi connectivity index (χ2v) is 7.30. The maximum atomic E-state index is 12.5. The number of hydrogen-bond donors (Lipinski definition) is 1. The van der Waals surface area contributed by atoms with Gasteiger partial charge in [0.15, 0.2) is 0 Å². The van der Waals surface area contributed by atoms with Crippen LogP contribution in [0.2, 0.25) is 0 Å². The van der Waals surface area contributed by atoms with Gasteiger partial charge in [0.25, 0.3) is 5.56 Å². The zero-order valence-corrected chi connectivity index (χ0v) is 14.7. The molecular weight excluding hydrogens is 314 g/mol. The van der Waals surface area contributed by atoms with Gasteiger partial charge in [-0.2, -0.15) is 5.10 Å². The lowest BCUT2D eigenvalue weighted by Gasteiger charge is -2.30. The van der Waals surface area contributed by atoms with Crippen molar-refractivity contribution in [1.29, 1.82) is 0 Å². The van der Waals surface area contributed by atoms with Crippen LogP contribution in [0, 0.1) is 6.92 Å². The summed E-state index contributed by atoms with van der Waals surface area (Å²) in [5.41, 5.74) is 3.35. The lowest BCUT2D eigenvalue weighted by atomic mass is 9.91. The van der Waals surface area contributed by atoms with Gasteiger partial charge in [0, 0.05) is 23.9 Å². The molecular formula is C19H25N5O. The molecule has 0 spiro atoms. The predicted molar refractivity (Wildman–Crippen MR) is 96.8 cm³/mol. The SMILES string of the molecule is Cc1cc(NC2CCC(n3nc4c(cc3=O)CCCC4)CC2)ncn1. The molecule has 2 aromatic heterocycles. The molecule has 2 aliphatic rings. The van der Waals surface area contributed by atoms with Crippen LogP contribution in [-0.4, -0.2) is 25.8 Å². The lowest BCUT2D eigenvalue weighted by molar-refractivity contribution is 0.300. The van der Waals surface area contributed by atoms with E-state index in [-0.39, 0.29) is 11.6 Å². The van der Waals surface area contributed by atoms with Crippen molar-refractivity contribution in [2.24, 2.45) is 0 Å². The third-order valence-electron chi connectivity index (χ3n) is 5.43. The summed E-state index contributed by atoms with van der Waals surface area (Å²) in [6, 6.07) is 4.43. The van der Waals surface area contributed by atoms with Crippen LogP contribution in [0.25, 0.3) is 0 Å². The van der Waals surface area contributed by atoms with Gasteiger partial charge in [0.05, 0.1) is 11.7 Å². The van der Waals surface area contributed by atoms with E-state index < -0.39 is 0 Å². The zero-order valence-electron chi connectivity index (χ0n) is 14.7. The van der Waals surface area contributed by atoms with E-state index in [2.05, 4.69) is 15.3 Å². The molecule has 0 radical (unpaired) electrons. The average Bonchev–Trinajstić information content (AvgIpc) is 2.62. The third kappa shape index (κ3) is 3.57. The van der Waals surface area contributed by atoms with Crippen LogP contribution in [0.3, 0.4) is 0 Å². The van der Waals surface area contributed by atoms with E-state index in [1.54, 1.807) is 11.0 Å². The number of nitrogens with zero attached hydrogens (tertiary/aromatic N) is 4. The van der Waals surface area contributed by atoms with Gasteiger partial charge in [-0.25, -0.2) is 14.6 Å². The van der Waals surface area contributed by atoms with Gasteiger partial charge in [0.1, 0.15) is 12.1 Å². The molecule has 25 heavy (non-hydrogen) atoms. The number of aryl methyl sites for hydroxylation is 3. The molecule has 6 nitrogen and oxygen atoms in total. The van der Waals surface area contributed by atoms with Crippen LogP contribution in [0.1, 0.15) is 61.5 Å². The highest BCUT2D eigenvalue weighted by Crippen LogP contribution is 2.29. The number of fused-ring (bicyclic) bond motifs is 1. The van der Waals surface area contributed by atoms with E-state index in [9.17, 15) is 4.79 Å². The summed E-state index contributed by atoms with van der Waals surface area (Å²) in [7, 11) is 0. The molecule has 1 fully saturated rings. The first kappa shape index (κ1) is 16.2. The normalized spacial score (nSPS) is 23.1. The lowest BCUT2D eigenvalue weighted by Crippen LogP contribution is -2.34. The van der Waals surface area contributed by atoms with Crippen LogP contribution in [0.15, 0.2) is 23.3 Å². The molecule has 0 bridgehead atoms. The maximum absolute atomic E-state index is 12.5. The molecule has 0 aliphatic heterocycles. The number of rotatable bonds is 3. The summed E-state index contributed by atoms with van der Waals surface area (Å²) in [5, 5.41) is 8.22. The van der Waals surface area contributed by atoms with Crippen LogP contribution in [0.4, 0.5) is 5.82 Å². The van der Waals surface area contributed by atoms with E-state index in [4.69, 9.17) is 5.10 Å². The second-order valence-electron chi connectivity index (χ2n) is 7.30. The Balaban J connectivity index is 1.43. The average molecular weight is 339 g/mol. The van der Waals surface area contributed by atoms with E-state index in [1.807, 2.05) is 19.1 Å². The van der Waals surface area contributed by atoms with Gasteiger partial charge >= 0.3 is 0 Å². The highest BCUT2D eigenvalue weighted by molar-refractivity contribution is 5.35. The smallest absolute Gasteiger partial charge is 0.267 e. The van der Waals surface area contributed by atoms with Crippen LogP contribution in [-0.2, 0) is 12.8 Å². The van der Waals surface area contributed by atoms with Crippen molar-refractivity contribution in [3.05, 3.63) is 45.8 Å². The standard InChI is InChI=1S/C19H25N5O/c1-13-10-18(21-12-20-13)22-15-6-8-16(9-7-15)24-19(25)11-14-4-2-3-5-17(14)23-24/h10-12,15-16H,2-9H2,1H3,(H,20,21,22). The van der Waals surface area contributed by atoms with E-state index in [1.165, 1.54) is 18.4 Å². The molecule has 0 saturated heterocycles. The van der Waals surface area contributed by atoms with Crippen molar-refractivity contribution < 1.29 is 0 Å². The molecule has 0 amide bonds. The second kappa shape index (κ2) is 6.94. The first-order valence-corrected chi connectivity index (χ1v) is 9.36. The third-order valence-corrected chi connectivity index (χ3v) is 5.43. The maximum Gasteiger partial charge on any atom is 0.267 e. The minimum atomic E-state index is 0.0727. The zero-order chi connectivity index (χ0) is 17.2. The quantitative estimate of drug-likeness (QED) is 0.931. The van der Waals surface area contributed by atoms with Crippen LogP contribution >= 0.6 is 0 Å². The summed E-state index contributed by atoms with van der Waals surface area (Å²) in [5.74, 6) is 0.889. The molecule has 132 valence electrons. The molecule has 2 aliphatic carbocycles. The summed E-state index contributed by atoms with van der Waals surface area (Å²) < 4.78 is 1.76. The van der Waals surface area contributed by atoms with Crippen molar-refractivity contribution >= 4 is 5.82 Å². The highest BCUT2D eigenvalue weighted by atomic mass is 16.1. The van der Waals surface area contributed by atoms with Crippen molar-refractivity contribution in [3.8, 4) is 0 Å². The molecule has 0 atom stereocenters. The van der Waals surface area contributed by atoms with E-state index in [0.29, 0.717) is 6.04 Å². The highest BCUT2D eigenvalue weighted by Gasteiger charge is 2.25. The molecule has 2 aromatic rings. The summed E-state index contributed by atoms with van der Waals surface area (Å²) in [4.78, 5) is 20.9. The van der Waals surface area contributed by atoms with E-state index in [0.717, 1.165) is 55.7 Å². The monoisotopic (exact) mass is 339 g/mol. The summed E-state index contributed by atoms with van der Waals surface area (Å²) in [6.45, 7) is 1.97. The first-order valence-electron chi connectivity index (χ1n) is 9.36. The van der Waals surface area contributed by atoms with Crippen molar-refractivity contribution in [1.82, 2.24) is 19.7 Å². The fourth-order valence-electron chi connectivity index (χ4n) is 4.05. The summed E-state index contributed by atoms with van der Waals surface area (Å²) >= 11 is 0. The Morgan fingerprint density at radius 2 is 1.88 bits per heavy atom. The Morgan fingerprint density at radius 1 is 1.08 bits per heavy atom. The van der Waals surface area contributed by atoms with Crippen molar-refractivity contribution in [2.45, 2.75) is 70.4 Å². The Kier molecular flexibility index (Phi) is 4.51. The Hall–Kier alpha value is -2.24. The molecule has 0 unspecified atom stereocenters. The largest absolute Gasteiger partial charge is 0.367 e. The molecule has 1 saturated carbocycles. The minimum Gasteiger partial charge on any atom is -0.367 e. The van der Waals surface area contributed by atoms with Crippen molar-refractivity contribution in [3.63, 3.8) is 0 Å². The van der Waals surface area contributed by atoms with Gasteiger partial charge < -0.3 is 5.32 Å². The summed E-state index contributed by atoms with van der Waals surface area (Å²) in [6.07, 6.45) is 10.00. The van der Waals surface area contributed by atoms with Gasteiger partial charge in [-0.3, -0.25) is 4.79 Å². The first-order chi connectivity index (χ1) is 12.2. The van der Waals surface area contributed by atoms with Crippen molar-refractivity contribution in [2.75, 3.05) is 5.32 Å². The number of anilines is 1. The Labute approximate surface area is 147 Å². The molecule has 2 heterocycles. The molecule has 4 rings (SSSR count). The molecule has 6 heteroatoms. The Morgan fingerprint density at radius 3 is 2.68 bits per heavy atom. The number of nitrogens with one attached hydrogen (secondary N) is 1. The predicted octanol–water partition coefficient (Wildman–Crippen LogP) is 2.82.